The van der Waals surface area contributed by atoms with Crippen molar-refractivity contribution in [2.75, 3.05) is 33.3 Å². The van der Waals surface area contributed by atoms with E-state index in [9.17, 15) is 4.79 Å². The van der Waals surface area contributed by atoms with Gasteiger partial charge in [0.25, 0.3) is 0 Å². The van der Waals surface area contributed by atoms with Crippen molar-refractivity contribution in [2.45, 2.75) is 31.7 Å². The Morgan fingerprint density at radius 3 is 2.38 bits per heavy atom. The summed E-state index contributed by atoms with van der Waals surface area (Å²) in [6.45, 7) is 4.54. The molecule has 16 heavy (non-hydrogen) atoms. The second kappa shape index (κ2) is 5.64. The van der Waals surface area contributed by atoms with E-state index < -0.39 is 0 Å². The van der Waals surface area contributed by atoms with Crippen LogP contribution in [0.25, 0.3) is 0 Å². The molecule has 1 N–H and O–H groups in total. The Bertz CT molecular complexity index is 231. The second-order valence-electron chi connectivity index (χ2n) is 4.81. The third kappa shape index (κ3) is 2.74. The van der Waals surface area contributed by atoms with Crippen LogP contribution in [0.4, 0.5) is 0 Å². The van der Waals surface area contributed by atoms with Crippen molar-refractivity contribution in [3.63, 3.8) is 0 Å². The molecule has 92 valence electrons. The summed E-state index contributed by atoms with van der Waals surface area (Å²) in [7, 11) is 1.49. The molecule has 1 saturated carbocycles. The molecule has 1 aliphatic heterocycles. The first kappa shape index (κ1) is 11.9. The SMILES string of the molecule is COC(=O)C1CCC(N2CCNCC2)CC1. The molecular weight excluding hydrogens is 204 g/mol. The molecule has 1 heterocycles. The van der Waals surface area contributed by atoms with Gasteiger partial charge in [-0.2, -0.15) is 0 Å². The number of carbonyl (C=O) groups is 1. The van der Waals surface area contributed by atoms with Crippen LogP contribution in [0.5, 0.6) is 0 Å². The molecule has 1 saturated heterocycles. The van der Waals surface area contributed by atoms with Crippen LogP contribution in [-0.4, -0.2) is 50.2 Å². The lowest BCUT2D eigenvalue weighted by Gasteiger charge is -2.38. The summed E-state index contributed by atoms with van der Waals surface area (Å²) in [5.41, 5.74) is 0. The highest BCUT2D eigenvalue weighted by Gasteiger charge is 2.30. The lowest BCUT2D eigenvalue weighted by molar-refractivity contribution is -0.146. The fourth-order valence-electron chi connectivity index (χ4n) is 2.89. The van der Waals surface area contributed by atoms with Gasteiger partial charge in [0, 0.05) is 32.2 Å². The summed E-state index contributed by atoms with van der Waals surface area (Å²) in [6.07, 6.45) is 4.31. The maximum Gasteiger partial charge on any atom is 0.308 e. The van der Waals surface area contributed by atoms with E-state index in [0.29, 0.717) is 6.04 Å². The minimum atomic E-state index is -0.0150. The number of rotatable bonds is 2. The number of carbonyl (C=O) groups excluding carboxylic acids is 1. The number of hydrogen-bond acceptors (Lipinski definition) is 4. The van der Waals surface area contributed by atoms with Crippen LogP contribution < -0.4 is 5.32 Å². The molecule has 0 spiro atoms. The highest BCUT2D eigenvalue weighted by atomic mass is 16.5. The lowest BCUT2D eigenvalue weighted by atomic mass is 9.85. The van der Waals surface area contributed by atoms with E-state index in [2.05, 4.69) is 10.2 Å². The number of piperazine rings is 1. The Kier molecular flexibility index (Phi) is 4.18. The van der Waals surface area contributed by atoms with Gasteiger partial charge in [-0.25, -0.2) is 0 Å². The third-order valence-electron chi connectivity index (χ3n) is 3.90. The molecule has 4 nitrogen and oxygen atoms in total. The fourth-order valence-corrected chi connectivity index (χ4v) is 2.89. The van der Waals surface area contributed by atoms with Gasteiger partial charge in [0.15, 0.2) is 0 Å². The van der Waals surface area contributed by atoms with Gasteiger partial charge in [-0.3, -0.25) is 9.69 Å². The van der Waals surface area contributed by atoms with Crippen LogP contribution in [0.3, 0.4) is 0 Å². The first-order valence-corrected chi connectivity index (χ1v) is 6.34. The zero-order valence-corrected chi connectivity index (χ0v) is 10.1. The summed E-state index contributed by atoms with van der Waals surface area (Å²) in [6, 6.07) is 0.697. The molecule has 2 rings (SSSR count). The van der Waals surface area contributed by atoms with Gasteiger partial charge >= 0.3 is 5.97 Å². The monoisotopic (exact) mass is 226 g/mol. The summed E-state index contributed by atoms with van der Waals surface area (Å²) in [4.78, 5) is 14.0. The van der Waals surface area contributed by atoms with Crippen LogP contribution in [0.2, 0.25) is 0 Å². The van der Waals surface area contributed by atoms with E-state index in [0.717, 1.165) is 51.9 Å². The number of nitrogens with zero attached hydrogens (tertiary/aromatic N) is 1. The molecular formula is C12H22N2O2. The Hall–Kier alpha value is -0.610. The Morgan fingerprint density at radius 2 is 1.81 bits per heavy atom. The van der Waals surface area contributed by atoms with Crippen molar-refractivity contribution in [1.29, 1.82) is 0 Å². The standard InChI is InChI=1S/C12H22N2O2/c1-16-12(15)10-2-4-11(5-3-10)14-8-6-13-7-9-14/h10-11,13H,2-9H2,1H3. The van der Waals surface area contributed by atoms with Gasteiger partial charge in [0.2, 0.25) is 0 Å². The van der Waals surface area contributed by atoms with Crippen LogP contribution >= 0.6 is 0 Å². The Morgan fingerprint density at radius 1 is 1.19 bits per heavy atom. The first-order valence-electron chi connectivity index (χ1n) is 6.34. The zero-order valence-electron chi connectivity index (χ0n) is 10.1. The van der Waals surface area contributed by atoms with Gasteiger partial charge in [-0.1, -0.05) is 0 Å². The second-order valence-corrected chi connectivity index (χ2v) is 4.81. The molecule has 2 fully saturated rings. The largest absolute Gasteiger partial charge is 0.469 e. The van der Waals surface area contributed by atoms with Crippen molar-refractivity contribution in [1.82, 2.24) is 10.2 Å². The lowest BCUT2D eigenvalue weighted by Crippen LogP contribution is -2.49. The molecule has 0 unspecified atom stereocenters. The van der Waals surface area contributed by atoms with Crippen molar-refractivity contribution < 1.29 is 9.53 Å². The quantitative estimate of drug-likeness (QED) is 0.701. The number of ether oxygens (including phenoxy) is 1. The average Bonchev–Trinajstić information content (AvgIpc) is 2.39. The summed E-state index contributed by atoms with van der Waals surface area (Å²) in [5, 5.41) is 3.37. The molecule has 0 amide bonds. The molecule has 4 heteroatoms. The normalized spacial score (nSPS) is 32.3. The molecule has 1 aliphatic carbocycles. The number of esters is 1. The maximum atomic E-state index is 11.4. The molecule has 0 radical (unpaired) electrons. The van der Waals surface area contributed by atoms with E-state index in [4.69, 9.17) is 4.74 Å². The van der Waals surface area contributed by atoms with Crippen LogP contribution in [-0.2, 0) is 9.53 Å². The van der Waals surface area contributed by atoms with Crippen LogP contribution in [0, 0.1) is 5.92 Å². The van der Waals surface area contributed by atoms with Gasteiger partial charge in [0.1, 0.15) is 0 Å². The van der Waals surface area contributed by atoms with Crippen molar-refractivity contribution in [3.05, 3.63) is 0 Å². The van der Waals surface area contributed by atoms with E-state index in [1.54, 1.807) is 0 Å². The topological polar surface area (TPSA) is 41.6 Å². The predicted octanol–water partition coefficient (Wildman–Crippen LogP) is 0.623. The van der Waals surface area contributed by atoms with Crippen LogP contribution in [0.15, 0.2) is 0 Å². The predicted molar refractivity (Wildman–Crippen MR) is 62.2 cm³/mol. The van der Waals surface area contributed by atoms with E-state index in [1.807, 2.05) is 0 Å². The number of methoxy groups -OCH3 is 1. The van der Waals surface area contributed by atoms with Crippen molar-refractivity contribution in [3.8, 4) is 0 Å². The summed E-state index contributed by atoms with van der Waals surface area (Å²) < 4.78 is 4.81. The van der Waals surface area contributed by atoms with Gasteiger partial charge in [-0.15, -0.1) is 0 Å². The van der Waals surface area contributed by atoms with Crippen molar-refractivity contribution in [2.24, 2.45) is 5.92 Å². The minimum Gasteiger partial charge on any atom is -0.469 e. The highest BCUT2D eigenvalue weighted by Crippen LogP contribution is 2.28. The Labute approximate surface area is 97.3 Å². The van der Waals surface area contributed by atoms with E-state index in [1.165, 1.54) is 7.11 Å². The molecule has 0 aromatic heterocycles. The summed E-state index contributed by atoms with van der Waals surface area (Å²) in [5.74, 6) is 0.142. The van der Waals surface area contributed by atoms with E-state index in [-0.39, 0.29) is 11.9 Å². The van der Waals surface area contributed by atoms with Gasteiger partial charge in [-0.05, 0) is 25.7 Å². The summed E-state index contributed by atoms with van der Waals surface area (Å²) >= 11 is 0. The minimum absolute atomic E-state index is 0.0150. The van der Waals surface area contributed by atoms with Crippen LogP contribution in [0.1, 0.15) is 25.7 Å². The fraction of sp³-hybridized carbons (Fsp3) is 0.917. The zero-order chi connectivity index (χ0) is 11.4. The smallest absolute Gasteiger partial charge is 0.308 e. The first-order chi connectivity index (χ1) is 7.81. The maximum absolute atomic E-state index is 11.4. The van der Waals surface area contributed by atoms with Crippen molar-refractivity contribution >= 4 is 5.97 Å². The average molecular weight is 226 g/mol. The third-order valence-corrected chi connectivity index (χ3v) is 3.90. The van der Waals surface area contributed by atoms with E-state index >= 15 is 0 Å². The number of hydrogen-bond donors (Lipinski definition) is 1. The Balaban J connectivity index is 1.78. The molecule has 0 aromatic rings. The molecule has 0 atom stereocenters. The molecule has 2 aliphatic rings. The van der Waals surface area contributed by atoms with Gasteiger partial charge < -0.3 is 10.1 Å². The van der Waals surface area contributed by atoms with Gasteiger partial charge in [0.05, 0.1) is 13.0 Å². The molecule has 0 bridgehead atoms. The highest BCUT2D eigenvalue weighted by molar-refractivity contribution is 5.72. The number of nitrogens with one attached hydrogen (secondary N) is 1. The molecule has 0 aromatic carbocycles.